The van der Waals surface area contributed by atoms with E-state index in [2.05, 4.69) is 83.6 Å². The van der Waals surface area contributed by atoms with E-state index >= 15 is 0 Å². The van der Waals surface area contributed by atoms with E-state index in [4.69, 9.17) is 16.1 Å². The fraction of sp³-hybridized carbons (Fsp3) is 0.154. The molecule has 0 bridgehead atoms. The highest BCUT2D eigenvalue weighted by molar-refractivity contribution is 5.83. The first-order valence-electron chi connectivity index (χ1n) is 10.3. The summed E-state index contributed by atoms with van der Waals surface area (Å²) in [5.74, 6) is 0.617. The van der Waals surface area contributed by atoms with E-state index < -0.39 is 5.54 Å². The number of nitrogens with one attached hydrogen (secondary N) is 1. The van der Waals surface area contributed by atoms with Crippen LogP contribution in [0.25, 0.3) is 0 Å². The van der Waals surface area contributed by atoms with Gasteiger partial charge in [-0.3, -0.25) is 5.41 Å². The first kappa shape index (κ1) is 18.4. The first-order valence-corrected chi connectivity index (χ1v) is 10.3. The van der Waals surface area contributed by atoms with Crippen LogP contribution in [0, 0.1) is 11.3 Å². The van der Waals surface area contributed by atoms with Gasteiger partial charge in [-0.1, -0.05) is 91.0 Å². The van der Waals surface area contributed by atoms with Gasteiger partial charge in [-0.2, -0.15) is 0 Å². The van der Waals surface area contributed by atoms with Crippen LogP contribution in [0.15, 0.2) is 104 Å². The lowest BCUT2D eigenvalue weighted by Gasteiger charge is -2.37. The Morgan fingerprint density at radius 2 is 1.30 bits per heavy atom. The number of nitrogens with zero attached hydrogens (tertiary/aromatic N) is 2. The zero-order chi connectivity index (χ0) is 20.6. The molecular weight excluding hydrogens is 368 g/mol. The Kier molecular flexibility index (Phi) is 4.47. The summed E-state index contributed by atoms with van der Waals surface area (Å²) >= 11 is 0. The van der Waals surface area contributed by atoms with Crippen LogP contribution in [0.4, 0.5) is 0 Å². The third-order valence-electron chi connectivity index (χ3n) is 6.13. The minimum atomic E-state index is -0.546. The van der Waals surface area contributed by atoms with Crippen LogP contribution in [-0.4, -0.2) is 15.4 Å². The molecule has 1 saturated carbocycles. The third-order valence-corrected chi connectivity index (χ3v) is 6.13. The van der Waals surface area contributed by atoms with Crippen molar-refractivity contribution in [2.75, 3.05) is 0 Å². The molecule has 3 aromatic carbocycles. The van der Waals surface area contributed by atoms with E-state index in [1.807, 2.05) is 24.5 Å². The monoisotopic (exact) mass is 392 g/mol. The molecule has 0 unspecified atom stereocenters. The molecular formula is C26H24N4. The molecule has 0 saturated heterocycles. The second-order valence-electron chi connectivity index (χ2n) is 7.92. The summed E-state index contributed by atoms with van der Waals surface area (Å²) in [5.41, 5.74) is 9.71. The van der Waals surface area contributed by atoms with Gasteiger partial charge in [0.1, 0.15) is 5.54 Å². The van der Waals surface area contributed by atoms with Crippen molar-refractivity contribution >= 4 is 5.84 Å². The SMILES string of the molecule is N=C(N)[C@@H]1C[C@H]1c1cn(C(c2ccccc2)(c2ccccc2)c2ccccc2)cn1. The second-order valence-corrected chi connectivity index (χ2v) is 7.92. The van der Waals surface area contributed by atoms with Crippen LogP contribution in [0.1, 0.15) is 34.7 Å². The van der Waals surface area contributed by atoms with E-state index in [9.17, 15) is 0 Å². The fourth-order valence-corrected chi connectivity index (χ4v) is 4.56. The molecule has 1 aliphatic carbocycles. The van der Waals surface area contributed by atoms with Gasteiger partial charge in [0.25, 0.3) is 0 Å². The van der Waals surface area contributed by atoms with E-state index in [-0.39, 0.29) is 17.7 Å². The summed E-state index contributed by atoms with van der Waals surface area (Å²) in [6, 6.07) is 31.7. The molecule has 1 aliphatic rings. The standard InChI is InChI=1S/C26H24N4/c27-25(28)23-16-22(23)24-17-30(18-29-24)26(19-10-4-1-5-11-19,20-12-6-2-7-13-20)21-14-8-3-9-15-21/h1-15,17-18,22-23H,16H2,(H3,27,28)/t22-,23-/m1/s1. The first-order chi connectivity index (χ1) is 14.7. The van der Waals surface area contributed by atoms with Gasteiger partial charge in [-0.25, -0.2) is 4.98 Å². The Morgan fingerprint density at radius 3 is 1.70 bits per heavy atom. The Labute approximate surface area is 176 Å². The zero-order valence-electron chi connectivity index (χ0n) is 16.6. The summed E-state index contributed by atoms with van der Waals surface area (Å²) in [7, 11) is 0. The van der Waals surface area contributed by atoms with E-state index in [0.29, 0.717) is 0 Å². The molecule has 4 heteroatoms. The van der Waals surface area contributed by atoms with Crippen molar-refractivity contribution in [2.24, 2.45) is 11.7 Å². The summed E-state index contributed by atoms with van der Waals surface area (Å²) in [5, 5.41) is 7.77. The molecule has 1 heterocycles. The maximum Gasteiger partial charge on any atom is 0.121 e. The Morgan fingerprint density at radius 1 is 0.833 bits per heavy atom. The highest BCUT2D eigenvalue weighted by atomic mass is 15.1. The van der Waals surface area contributed by atoms with Gasteiger partial charge in [0.15, 0.2) is 0 Å². The van der Waals surface area contributed by atoms with Crippen molar-refractivity contribution in [3.05, 3.63) is 126 Å². The molecule has 0 radical (unpaired) electrons. The summed E-state index contributed by atoms with van der Waals surface area (Å²) in [6.45, 7) is 0. The van der Waals surface area contributed by atoms with Crippen molar-refractivity contribution in [1.29, 1.82) is 5.41 Å². The number of imidazole rings is 1. The Bertz CT molecular complexity index is 1050. The number of amidine groups is 1. The minimum Gasteiger partial charge on any atom is -0.387 e. The second kappa shape index (κ2) is 7.30. The molecule has 4 nitrogen and oxygen atoms in total. The lowest BCUT2D eigenvalue weighted by molar-refractivity contribution is 0.514. The molecule has 4 aromatic rings. The lowest BCUT2D eigenvalue weighted by Crippen LogP contribution is -2.36. The van der Waals surface area contributed by atoms with Gasteiger partial charge in [0.2, 0.25) is 0 Å². The van der Waals surface area contributed by atoms with E-state index in [1.165, 1.54) is 16.7 Å². The molecule has 0 aliphatic heterocycles. The number of nitrogens with two attached hydrogens (primary N) is 1. The van der Waals surface area contributed by atoms with E-state index in [1.54, 1.807) is 0 Å². The fourth-order valence-electron chi connectivity index (χ4n) is 4.56. The van der Waals surface area contributed by atoms with Gasteiger partial charge in [0, 0.05) is 18.0 Å². The van der Waals surface area contributed by atoms with Crippen LogP contribution in [-0.2, 0) is 5.54 Å². The highest BCUT2D eigenvalue weighted by Gasteiger charge is 2.44. The van der Waals surface area contributed by atoms with Gasteiger partial charge in [-0.15, -0.1) is 0 Å². The molecule has 5 rings (SSSR count). The predicted molar refractivity (Wildman–Crippen MR) is 120 cm³/mol. The Hall–Kier alpha value is -3.66. The molecule has 3 N–H and O–H groups in total. The molecule has 0 amide bonds. The summed E-state index contributed by atoms with van der Waals surface area (Å²) in [4.78, 5) is 4.76. The van der Waals surface area contributed by atoms with E-state index in [0.717, 1.165) is 12.1 Å². The van der Waals surface area contributed by atoms with Crippen LogP contribution in [0.3, 0.4) is 0 Å². The normalized spacial score (nSPS) is 18.1. The molecule has 0 spiro atoms. The predicted octanol–water partition coefficient (Wildman–Crippen LogP) is 4.76. The van der Waals surface area contributed by atoms with Crippen molar-refractivity contribution in [1.82, 2.24) is 9.55 Å². The maximum absolute atomic E-state index is 7.77. The van der Waals surface area contributed by atoms with Gasteiger partial charge < -0.3 is 10.3 Å². The third kappa shape index (κ3) is 2.92. The van der Waals surface area contributed by atoms with Gasteiger partial charge >= 0.3 is 0 Å². The molecule has 148 valence electrons. The average Bonchev–Trinajstić information content (AvgIpc) is 3.47. The zero-order valence-corrected chi connectivity index (χ0v) is 16.6. The van der Waals surface area contributed by atoms with Crippen LogP contribution in [0.2, 0.25) is 0 Å². The number of benzene rings is 3. The summed E-state index contributed by atoms with van der Waals surface area (Å²) < 4.78 is 2.22. The number of hydrogen-bond acceptors (Lipinski definition) is 2. The van der Waals surface area contributed by atoms with Crippen LogP contribution >= 0.6 is 0 Å². The Balaban J connectivity index is 1.75. The van der Waals surface area contributed by atoms with Crippen LogP contribution < -0.4 is 5.73 Å². The number of rotatable bonds is 6. The van der Waals surface area contributed by atoms with Gasteiger partial charge in [-0.05, 0) is 23.1 Å². The van der Waals surface area contributed by atoms with Crippen molar-refractivity contribution in [3.8, 4) is 0 Å². The highest BCUT2D eigenvalue weighted by Crippen LogP contribution is 2.48. The number of hydrogen-bond donors (Lipinski definition) is 2. The van der Waals surface area contributed by atoms with Crippen LogP contribution in [0.5, 0.6) is 0 Å². The summed E-state index contributed by atoms with van der Waals surface area (Å²) in [6.07, 6.45) is 4.97. The van der Waals surface area contributed by atoms with Crippen molar-refractivity contribution < 1.29 is 0 Å². The molecule has 1 fully saturated rings. The van der Waals surface area contributed by atoms with Gasteiger partial charge in [0.05, 0.1) is 17.9 Å². The molecule has 1 aromatic heterocycles. The van der Waals surface area contributed by atoms with Crippen molar-refractivity contribution in [2.45, 2.75) is 17.9 Å². The lowest BCUT2D eigenvalue weighted by atomic mass is 9.77. The average molecular weight is 393 g/mol. The largest absolute Gasteiger partial charge is 0.387 e. The topological polar surface area (TPSA) is 67.7 Å². The molecule has 2 atom stereocenters. The smallest absolute Gasteiger partial charge is 0.121 e. The molecule has 30 heavy (non-hydrogen) atoms. The minimum absolute atomic E-state index is 0.118. The maximum atomic E-state index is 7.77. The number of aromatic nitrogens is 2. The quantitative estimate of drug-likeness (QED) is 0.282. The van der Waals surface area contributed by atoms with Crippen molar-refractivity contribution in [3.63, 3.8) is 0 Å².